The molecule has 71 valence electrons. The standard InChI is InChI=1S/C12H8N3/c13-8-5-6-11-12(7-8)15-10-4-2-1-3-9(10)14-11/h1,3-7H,13H2. The summed E-state index contributed by atoms with van der Waals surface area (Å²) in [6.07, 6.45) is 0. The molecule has 0 aliphatic rings. The second-order valence-corrected chi connectivity index (χ2v) is 3.39. The fourth-order valence-corrected chi connectivity index (χ4v) is 1.58. The van der Waals surface area contributed by atoms with Gasteiger partial charge in [-0.05, 0) is 36.4 Å². The van der Waals surface area contributed by atoms with Crippen LogP contribution in [0.2, 0.25) is 0 Å². The van der Waals surface area contributed by atoms with Crippen molar-refractivity contribution in [3.8, 4) is 0 Å². The van der Waals surface area contributed by atoms with Gasteiger partial charge in [0.1, 0.15) is 0 Å². The summed E-state index contributed by atoms with van der Waals surface area (Å²) in [7, 11) is 0. The van der Waals surface area contributed by atoms with Crippen molar-refractivity contribution in [3.05, 3.63) is 42.5 Å². The van der Waals surface area contributed by atoms with E-state index in [4.69, 9.17) is 5.73 Å². The Morgan fingerprint density at radius 2 is 1.73 bits per heavy atom. The molecule has 1 aromatic heterocycles. The van der Waals surface area contributed by atoms with E-state index in [0.29, 0.717) is 5.69 Å². The summed E-state index contributed by atoms with van der Waals surface area (Å²) in [5, 5.41) is 0. The van der Waals surface area contributed by atoms with Gasteiger partial charge < -0.3 is 5.73 Å². The Kier molecular flexibility index (Phi) is 1.59. The lowest BCUT2D eigenvalue weighted by Gasteiger charge is -2.00. The van der Waals surface area contributed by atoms with Crippen LogP contribution in [0.25, 0.3) is 22.1 Å². The van der Waals surface area contributed by atoms with Gasteiger partial charge >= 0.3 is 0 Å². The number of anilines is 1. The van der Waals surface area contributed by atoms with Crippen molar-refractivity contribution in [2.75, 3.05) is 5.73 Å². The largest absolute Gasteiger partial charge is 0.399 e. The molecule has 3 heteroatoms. The van der Waals surface area contributed by atoms with E-state index in [1.54, 1.807) is 0 Å². The average molecular weight is 194 g/mol. The summed E-state index contributed by atoms with van der Waals surface area (Å²) in [5.41, 5.74) is 9.81. The van der Waals surface area contributed by atoms with Crippen molar-refractivity contribution >= 4 is 27.8 Å². The third kappa shape index (κ3) is 1.29. The third-order valence-corrected chi connectivity index (χ3v) is 2.30. The lowest BCUT2D eigenvalue weighted by molar-refractivity contribution is 1.39. The van der Waals surface area contributed by atoms with Crippen molar-refractivity contribution < 1.29 is 0 Å². The van der Waals surface area contributed by atoms with Crippen LogP contribution < -0.4 is 5.73 Å². The lowest BCUT2D eigenvalue weighted by Crippen LogP contribution is -1.89. The molecule has 0 fully saturated rings. The smallest absolute Gasteiger partial charge is 0.0915 e. The molecule has 0 unspecified atom stereocenters. The van der Waals surface area contributed by atoms with Crippen LogP contribution in [0.5, 0.6) is 0 Å². The van der Waals surface area contributed by atoms with E-state index >= 15 is 0 Å². The number of hydrogen-bond acceptors (Lipinski definition) is 3. The van der Waals surface area contributed by atoms with E-state index in [0.717, 1.165) is 22.1 Å². The topological polar surface area (TPSA) is 51.8 Å². The SMILES string of the molecule is Nc1ccc2nc3cc[c]cc3nc2c1. The Morgan fingerprint density at radius 1 is 0.933 bits per heavy atom. The van der Waals surface area contributed by atoms with Gasteiger partial charge in [0.2, 0.25) is 0 Å². The number of rotatable bonds is 0. The van der Waals surface area contributed by atoms with Gasteiger partial charge in [-0.3, -0.25) is 0 Å². The predicted molar refractivity (Wildman–Crippen MR) is 60.3 cm³/mol. The molecule has 3 rings (SSSR count). The van der Waals surface area contributed by atoms with Crippen LogP contribution in [0.15, 0.2) is 36.4 Å². The molecule has 3 aromatic rings. The molecule has 1 heterocycles. The molecule has 0 saturated carbocycles. The zero-order valence-corrected chi connectivity index (χ0v) is 7.94. The first-order valence-electron chi connectivity index (χ1n) is 4.66. The Balaban J connectivity index is 2.47. The highest BCUT2D eigenvalue weighted by molar-refractivity contribution is 5.87. The molecule has 0 spiro atoms. The number of nitrogens with zero attached hydrogens (tertiary/aromatic N) is 2. The van der Waals surface area contributed by atoms with Crippen molar-refractivity contribution in [2.24, 2.45) is 0 Å². The van der Waals surface area contributed by atoms with Crippen LogP contribution in [-0.2, 0) is 0 Å². The first-order valence-corrected chi connectivity index (χ1v) is 4.66. The van der Waals surface area contributed by atoms with Gasteiger partial charge in [-0.1, -0.05) is 6.07 Å². The second-order valence-electron chi connectivity index (χ2n) is 3.39. The molecule has 0 aliphatic heterocycles. The van der Waals surface area contributed by atoms with E-state index in [-0.39, 0.29) is 0 Å². The van der Waals surface area contributed by atoms with E-state index in [1.807, 2.05) is 36.4 Å². The van der Waals surface area contributed by atoms with Crippen LogP contribution in [-0.4, -0.2) is 9.97 Å². The molecular weight excluding hydrogens is 186 g/mol. The molecule has 2 aromatic carbocycles. The number of benzene rings is 2. The zero-order chi connectivity index (χ0) is 10.3. The van der Waals surface area contributed by atoms with Gasteiger partial charge in [-0.25, -0.2) is 9.97 Å². The number of fused-ring (bicyclic) bond motifs is 2. The van der Waals surface area contributed by atoms with Gasteiger partial charge in [-0.2, -0.15) is 0 Å². The van der Waals surface area contributed by atoms with Crippen LogP contribution >= 0.6 is 0 Å². The molecule has 0 atom stereocenters. The fourth-order valence-electron chi connectivity index (χ4n) is 1.58. The number of hydrogen-bond donors (Lipinski definition) is 1. The van der Waals surface area contributed by atoms with Gasteiger partial charge in [0, 0.05) is 5.69 Å². The Bertz CT molecular complexity index is 646. The monoisotopic (exact) mass is 194 g/mol. The summed E-state index contributed by atoms with van der Waals surface area (Å²) >= 11 is 0. The molecule has 1 radical (unpaired) electrons. The maximum atomic E-state index is 5.69. The van der Waals surface area contributed by atoms with Gasteiger partial charge in [0.05, 0.1) is 22.1 Å². The summed E-state index contributed by atoms with van der Waals surface area (Å²) in [6, 6.07) is 14.1. The molecule has 3 nitrogen and oxygen atoms in total. The molecule has 0 bridgehead atoms. The Morgan fingerprint density at radius 3 is 2.67 bits per heavy atom. The summed E-state index contributed by atoms with van der Waals surface area (Å²) in [4.78, 5) is 8.95. The van der Waals surface area contributed by atoms with E-state index in [1.165, 1.54) is 0 Å². The number of aromatic nitrogens is 2. The van der Waals surface area contributed by atoms with Crippen molar-refractivity contribution in [2.45, 2.75) is 0 Å². The van der Waals surface area contributed by atoms with Crippen molar-refractivity contribution in [3.63, 3.8) is 0 Å². The molecule has 0 aliphatic carbocycles. The maximum Gasteiger partial charge on any atom is 0.0915 e. The fraction of sp³-hybridized carbons (Fsp3) is 0. The van der Waals surface area contributed by atoms with Crippen LogP contribution in [0, 0.1) is 6.07 Å². The minimum Gasteiger partial charge on any atom is -0.399 e. The van der Waals surface area contributed by atoms with Crippen LogP contribution in [0.3, 0.4) is 0 Å². The quantitative estimate of drug-likeness (QED) is 0.440. The maximum absolute atomic E-state index is 5.69. The average Bonchev–Trinajstić information content (AvgIpc) is 2.26. The minimum absolute atomic E-state index is 0.705. The van der Waals surface area contributed by atoms with E-state index in [9.17, 15) is 0 Å². The second kappa shape index (κ2) is 2.92. The first-order chi connectivity index (χ1) is 7.33. The van der Waals surface area contributed by atoms with Gasteiger partial charge in [0.15, 0.2) is 0 Å². The third-order valence-electron chi connectivity index (χ3n) is 2.30. The normalized spacial score (nSPS) is 10.9. The molecular formula is C12H8N3. The Hall–Kier alpha value is -2.16. The summed E-state index contributed by atoms with van der Waals surface area (Å²) < 4.78 is 0. The van der Waals surface area contributed by atoms with E-state index in [2.05, 4.69) is 16.0 Å². The predicted octanol–water partition coefficient (Wildman–Crippen LogP) is 2.17. The molecule has 0 saturated heterocycles. The van der Waals surface area contributed by atoms with E-state index < -0.39 is 0 Å². The lowest BCUT2D eigenvalue weighted by atomic mass is 10.2. The van der Waals surface area contributed by atoms with Crippen molar-refractivity contribution in [1.82, 2.24) is 9.97 Å². The van der Waals surface area contributed by atoms with Crippen LogP contribution in [0.4, 0.5) is 5.69 Å². The molecule has 15 heavy (non-hydrogen) atoms. The summed E-state index contributed by atoms with van der Waals surface area (Å²) in [5.74, 6) is 0. The summed E-state index contributed by atoms with van der Waals surface area (Å²) in [6.45, 7) is 0. The zero-order valence-electron chi connectivity index (χ0n) is 7.94. The van der Waals surface area contributed by atoms with Gasteiger partial charge in [0.25, 0.3) is 0 Å². The van der Waals surface area contributed by atoms with Gasteiger partial charge in [-0.15, -0.1) is 0 Å². The van der Waals surface area contributed by atoms with Crippen LogP contribution in [0.1, 0.15) is 0 Å². The highest BCUT2D eigenvalue weighted by Gasteiger charge is 2.00. The first kappa shape index (κ1) is 8.17. The highest BCUT2D eigenvalue weighted by Crippen LogP contribution is 2.17. The Labute approximate surface area is 86.6 Å². The number of nitrogen functional groups attached to an aromatic ring is 1. The minimum atomic E-state index is 0.705. The molecule has 0 amide bonds. The van der Waals surface area contributed by atoms with Crippen molar-refractivity contribution in [1.29, 1.82) is 0 Å². The number of nitrogens with two attached hydrogens (primary N) is 1. The highest BCUT2D eigenvalue weighted by atomic mass is 14.8. The molecule has 2 N–H and O–H groups in total.